The fraction of sp³-hybridized carbons (Fsp3) is 0.417. The summed E-state index contributed by atoms with van der Waals surface area (Å²) in [5, 5.41) is 14.8. The Balaban J connectivity index is 1.72. The molecular weight excluding hydrogens is 293 g/mol. The van der Waals surface area contributed by atoms with E-state index < -0.39 is 12.5 Å². The third-order valence-electron chi connectivity index (χ3n) is 3.44. The molecule has 21 heavy (non-hydrogen) atoms. The van der Waals surface area contributed by atoms with Gasteiger partial charge in [-0.2, -0.15) is 5.10 Å². The quantitative estimate of drug-likeness (QED) is 0.261. The number of rotatable bonds is 6. The number of nitro groups is 1. The van der Waals surface area contributed by atoms with Gasteiger partial charge in [-0.3, -0.25) is 14.7 Å². The normalized spacial score (nSPS) is 18.9. The van der Waals surface area contributed by atoms with Crippen molar-refractivity contribution in [3.63, 3.8) is 0 Å². The lowest BCUT2D eigenvalue weighted by atomic mass is 10.2. The van der Waals surface area contributed by atoms with Crippen LogP contribution in [0.15, 0.2) is 29.4 Å². The van der Waals surface area contributed by atoms with Crippen LogP contribution in [-0.2, 0) is 4.57 Å². The second-order valence-corrected chi connectivity index (χ2v) is 7.74. The molecule has 2 saturated heterocycles. The molecule has 0 radical (unpaired) electrons. The van der Waals surface area contributed by atoms with E-state index in [9.17, 15) is 14.7 Å². The van der Waals surface area contributed by atoms with E-state index in [1.807, 2.05) is 9.34 Å². The molecule has 0 unspecified atom stereocenters. The Hall–Kier alpha value is -1.76. The fourth-order valence-corrected chi connectivity index (χ4v) is 4.55. The second-order valence-electron chi connectivity index (χ2n) is 5.00. The zero-order chi connectivity index (χ0) is 15.0. The minimum absolute atomic E-state index is 0.0411. The minimum Gasteiger partial charge on any atom is -0.262 e. The average Bonchev–Trinajstić information content (AvgIpc) is 3.35. The highest BCUT2D eigenvalue weighted by atomic mass is 31.2. The summed E-state index contributed by atoms with van der Waals surface area (Å²) in [6.45, 7) is 3.35. The van der Waals surface area contributed by atoms with Gasteiger partial charge in [-0.25, -0.2) is 14.1 Å². The smallest absolute Gasteiger partial charge is 0.262 e. The van der Waals surface area contributed by atoms with Crippen LogP contribution in [0.25, 0.3) is 0 Å². The minimum atomic E-state index is -2.70. The van der Waals surface area contributed by atoms with E-state index in [1.54, 1.807) is 25.4 Å². The summed E-state index contributed by atoms with van der Waals surface area (Å²) in [7, 11) is -0.993. The standard InChI is InChI=1S/C12H16N5O3P/c1-14(21(20,15-6-7-15)16-8-9-16)13-10-11-2-4-12(5-3-11)17(18)19/h2-5,10H,6-9H2,1H3/b13-10-. The van der Waals surface area contributed by atoms with E-state index in [1.165, 1.54) is 16.9 Å². The van der Waals surface area contributed by atoms with Crippen molar-refractivity contribution in [1.29, 1.82) is 0 Å². The fourth-order valence-electron chi connectivity index (χ4n) is 2.06. The molecular formula is C12H16N5O3P. The summed E-state index contributed by atoms with van der Waals surface area (Å²) in [4.78, 5) is 10.1. The second kappa shape index (κ2) is 5.22. The van der Waals surface area contributed by atoms with Gasteiger partial charge in [-0.05, 0) is 17.7 Å². The van der Waals surface area contributed by atoms with Crippen LogP contribution in [0.1, 0.15) is 5.56 Å². The lowest BCUT2D eigenvalue weighted by molar-refractivity contribution is -0.384. The molecule has 0 saturated carbocycles. The predicted octanol–water partition coefficient (Wildman–Crippen LogP) is 1.60. The molecule has 2 fully saturated rings. The van der Waals surface area contributed by atoms with Crippen LogP contribution in [0.5, 0.6) is 0 Å². The van der Waals surface area contributed by atoms with E-state index in [0.29, 0.717) is 0 Å². The topological polar surface area (TPSA) is 81.8 Å². The van der Waals surface area contributed by atoms with Gasteiger partial charge in [0, 0.05) is 45.4 Å². The SMILES string of the molecule is CN(/N=C\c1ccc([N+](=O)[O-])cc1)P(=O)(N1CC1)N1CC1. The van der Waals surface area contributed by atoms with Gasteiger partial charge < -0.3 is 0 Å². The van der Waals surface area contributed by atoms with Gasteiger partial charge in [-0.1, -0.05) is 0 Å². The van der Waals surface area contributed by atoms with Crippen molar-refractivity contribution in [2.45, 2.75) is 0 Å². The number of hydrogen-bond donors (Lipinski definition) is 0. The van der Waals surface area contributed by atoms with Gasteiger partial charge in [0.15, 0.2) is 0 Å². The Morgan fingerprint density at radius 1 is 1.24 bits per heavy atom. The van der Waals surface area contributed by atoms with Crippen LogP contribution in [-0.4, -0.2) is 58.5 Å². The van der Waals surface area contributed by atoms with Crippen molar-refractivity contribution in [3.05, 3.63) is 39.9 Å². The van der Waals surface area contributed by atoms with Gasteiger partial charge in [-0.15, -0.1) is 0 Å². The summed E-state index contributed by atoms with van der Waals surface area (Å²) < 4.78 is 18.3. The van der Waals surface area contributed by atoms with Crippen LogP contribution in [0.2, 0.25) is 0 Å². The molecule has 2 aliphatic heterocycles. The highest BCUT2D eigenvalue weighted by Gasteiger charge is 2.50. The maximum absolute atomic E-state index is 13.0. The average molecular weight is 309 g/mol. The summed E-state index contributed by atoms with van der Waals surface area (Å²) in [5.74, 6) is 0. The maximum Gasteiger partial charge on any atom is 0.326 e. The van der Waals surface area contributed by atoms with Crippen LogP contribution < -0.4 is 0 Å². The van der Waals surface area contributed by atoms with Crippen molar-refractivity contribution >= 4 is 19.5 Å². The van der Waals surface area contributed by atoms with Gasteiger partial charge in [0.25, 0.3) is 5.69 Å². The van der Waals surface area contributed by atoms with Crippen molar-refractivity contribution in [3.8, 4) is 0 Å². The first kappa shape index (κ1) is 14.2. The largest absolute Gasteiger partial charge is 0.326 e. The Morgan fingerprint density at radius 3 is 2.19 bits per heavy atom. The lowest BCUT2D eigenvalue weighted by Gasteiger charge is -2.27. The molecule has 1 aromatic carbocycles. The Kier molecular flexibility index (Phi) is 3.52. The summed E-state index contributed by atoms with van der Waals surface area (Å²) in [6, 6.07) is 6.09. The Bertz CT molecular complexity index is 608. The van der Waals surface area contributed by atoms with Crippen LogP contribution >= 0.6 is 7.59 Å². The Labute approximate surface area is 122 Å². The molecule has 0 spiro atoms. The third kappa shape index (κ3) is 2.83. The molecule has 3 rings (SSSR count). The zero-order valence-corrected chi connectivity index (χ0v) is 12.5. The van der Waals surface area contributed by atoms with E-state index in [2.05, 4.69) is 5.10 Å². The van der Waals surface area contributed by atoms with E-state index in [0.717, 1.165) is 31.7 Å². The van der Waals surface area contributed by atoms with E-state index in [-0.39, 0.29) is 5.69 Å². The monoisotopic (exact) mass is 309 g/mol. The van der Waals surface area contributed by atoms with Crippen molar-refractivity contribution < 1.29 is 9.49 Å². The van der Waals surface area contributed by atoms with Gasteiger partial charge in [0.1, 0.15) is 0 Å². The van der Waals surface area contributed by atoms with Gasteiger partial charge in [0.2, 0.25) is 0 Å². The highest BCUT2D eigenvalue weighted by Crippen LogP contribution is 2.62. The van der Waals surface area contributed by atoms with Gasteiger partial charge in [0.05, 0.1) is 11.1 Å². The predicted molar refractivity (Wildman–Crippen MR) is 79.2 cm³/mol. The maximum atomic E-state index is 13.0. The number of benzene rings is 1. The molecule has 0 amide bonds. The molecule has 9 heteroatoms. The number of nitrogens with zero attached hydrogens (tertiary/aromatic N) is 5. The summed E-state index contributed by atoms with van der Waals surface area (Å²) in [6.07, 6.45) is 1.57. The van der Waals surface area contributed by atoms with Gasteiger partial charge >= 0.3 is 7.59 Å². The zero-order valence-electron chi connectivity index (χ0n) is 11.6. The molecule has 0 N–H and O–H groups in total. The van der Waals surface area contributed by atoms with E-state index in [4.69, 9.17) is 0 Å². The molecule has 0 atom stereocenters. The molecule has 2 aliphatic rings. The van der Waals surface area contributed by atoms with Crippen molar-refractivity contribution in [2.24, 2.45) is 5.10 Å². The number of non-ortho nitro benzene ring substituents is 1. The molecule has 0 aromatic heterocycles. The highest BCUT2D eigenvalue weighted by molar-refractivity contribution is 7.57. The molecule has 0 bridgehead atoms. The first-order chi connectivity index (χ1) is 10.0. The first-order valence-corrected chi connectivity index (χ1v) is 8.22. The summed E-state index contributed by atoms with van der Waals surface area (Å²) in [5.41, 5.74) is 0.773. The van der Waals surface area contributed by atoms with Crippen molar-refractivity contribution in [1.82, 2.24) is 14.1 Å². The van der Waals surface area contributed by atoms with Crippen LogP contribution in [0.3, 0.4) is 0 Å². The van der Waals surface area contributed by atoms with Crippen LogP contribution in [0, 0.1) is 10.1 Å². The number of hydrogen-bond acceptors (Lipinski definition) is 4. The molecule has 0 aliphatic carbocycles. The number of nitro benzene ring substituents is 1. The molecule has 2 heterocycles. The van der Waals surface area contributed by atoms with E-state index >= 15 is 0 Å². The lowest BCUT2D eigenvalue weighted by Crippen LogP contribution is -2.19. The molecule has 1 aromatic rings. The molecule has 8 nitrogen and oxygen atoms in total. The number of hydrazone groups is 1. The molecule has 112 valence electrons. The first-order valence-electron chi connectivity index (χ1n) is 6.65. The van der Waals surface area contributed by atoms with Crippen molar-refractivity contribution in [2.75, 3.05) is 33.2 Å². The third-order valence-corrected chi connectivity index (χ3v) is 6.57. The summed E-state index contributed by atoms with van der Waals surface area (Å²) >= 11 is 0. The van der Waals surface area contributed by atoms with Crippen LogP contribution in [0.4, 0.5) is 5.69 Å². The Morgan fingerprint density at radius 2 is 1.76 bits per heavy atom.